The highest BCUT2D eigenvalue weighted by atomic mass is 32.2. The second-order valence-electron chi connectivity index (χ2n) is 5.80. The van der Waals surface area contributed by atoms with E-state index in [1.807, 2.05) is 24.3 Å². The number of aryl methyl sites for hydroxylation is 1. The van der Waals surface area contributed by atoms with Crippen LogP contribution in [0.25, 0.3) is 0 Å². The van der Waals surface area contributed by atoms with E-state index in [0.29, 0.717) is 5.75 Å². The van der Waals surface area contributed by atoms with Crippen molar-refractivity contribution in [3.05, 3.63) is 71.0 Å². The maximum Gasteiger partial charge on any atom is 0.191 e. The van der Waals surface area contributed by atoms with Crippen LogP contribution in [0.2, 0.25) is 0 Å². The highest BCUT2D eigenvalue weighted by Gasteiger charge is 2.12. The monoisotopic (exact) mass is 380 g/mol. The summed E-state index contributed by atoms with van der Waals surface area (Å²) in [5.41, 5.74) is 3.02. The van der Waals surface area contributed by atoms with Crippen LogP contribution in [0.4, 0.5) is 0 Å². The zero-order chi connectivity index (χ0) is 18.4. The molecule has 0 aliphatic rings. The summed E-state index contributed by atoms with van der Waals surface area (Å²) >= 11 is 3.40. The van der Waals surface area contributed by atoms with E-state index in [4.69, 9.17) is 0 Å². The Morgan fingerprint density at radius 1 is 1.00 bits per heavy atom. The van der Waals surface area contributed by atoms with Crippen molar-refractivity contribution in [2.75, 3.05) is 0 Å². The molecule has 132 valence electrons. The molecule has 3 aromatic rings. The standard InChI is InChI=1S/C20H20N4S2/c1-3-24-19(14-25-18-10-8-15(2)9-11-18)22-23-20(24)26-13-17-7-5-4-6-16(17)12-21/h4-11H,3,13-14H2,1-2H3. The third kappa shape index (κ3) is 4.48. The molecule has 1 aromatic heterocycles. The predicted molar refractivity (Wildman–Crippen MR) is 107 cm³/mol. The Kier molecular flexibility index (Phi) is 6.37. The minimum atomic E-state index is 0.715. The zero-order valence-electron chi connectivity index (χ0n) is 14.8. The van der Waals surface area contributed by atoms with Crippen LogP contribution in [0, 0.1) is 18.3 Å². The van der Waals surface area contributed by atoms with Crippen molar-refractivity contribution in [1.82, 2.24) is 14.8 Å². The van der Waals surface area contributed by atoms with Gasteiger partial charge in [0.2, 0.25) is 0 Å². The predicted octanol–water partition coefficient (Wildman–Crippen LogP) is 5.06. The van der Waals surface area contributed by atoms with Crippen molar-refractivity contribution in [2.24, 2.45) is 0 Å². The quantitative estimate of drug-likeness (QED) is 0.536. The van der Waals surface area contributed by atoms with Gasteiger partial charge in [0, 0.05) is 17.2 Å². The second kappa shape index (κ2) is 8.93. The third-order valence-electron chi connectivity index (χ3n) is 3.99. The molecule has 0 radical (unpaired) electrons. The van der Waals surface area contributed by atoms with Gasteiger partial charge in [-0.3, -0.25) is 0 Å². The summed E-state index contributed by atoms with van der Waals surface area (Å²) in [6.07, 6.45) is 0. The molecule has 0 saturated carbocycles. The number of hydrogen-bond donors (Lipinski definition) is 0. The topological polar surface area (TPSA) is 54.5 Å². The summed E-state index contributed by atoms with van der Waals surface area (Å²) < 4.78 is 2.15. The van der Waals surface area contributed by atoms with Gasteiger partial charge in [-0.25, -0.2) is 0 Å². The fourth-order valence-electron chi connectivity index (χ4n) is 2.53. The molecular weight excluding hydrogens is 360 g/mol. The molecule has 0 N–H and O–H groups in total. The van der Waals surface area contributed by atoms with E-state index in [-0.39, 0.29) is 0 Å². The molecular formula is C20H20N4S2. The molecule has 0 bridgehead atoms. The maximum atomic E-state index is 9.22. The van der Waals surface area contributed by atoms with Crippen LogP contribution in [0.15, 0.2) is 58.6 Å². The number of rotatable bonds is 7. The SMILES string of the molecule is CCn1c(CSc2ccc(C)cc2)nnc1SCc1ccccc1C#N. The van der Waals surface area contributed by atoms with Crippen molar-refractivity contribution >= 4 is 23.5 Å². The van der Waals surface area contributed by atoms with Gasteiger partial charge < -0.3 is 4.57 Å². The number of hydrogen-bond acceptors (Lipinski definition) is 5. The fraction of sp³-hybridized carbons (Fsp3) is 0.250. The maximum absolute atomic E-state index is 9.22. The minimum Gasteiger partial charge on any atom is -0.306 e. The highest BCUT2D eigenvalue weighted by Crippen LogP contribution is 2.27. The fourth-order valence-corrected chi connectivity index (χ4v) is 4.39. The Bertz CT molecular complexity index is 910. The van der Waals surface area contributed by atoms with E-state index >= 15 is 0 Å². The third-order valence-corrected chi connectivity index (χ3v) is 6.02. The molecule has 0 aliphatic carbocycles. The van der Waals surface area contributed by atoms with E-state index in [1.165, 1.54) is 10.5 Å². The first-order valence-corrected chi connectivity index (χ1v) is 10.4. The summed E-state index contributed by atoms with van der Waals surface area (Å²) in [6.45, 7) is 5.03. The molecule has 6 heteroatoms. The lowest BCUT2D eigenvalue weighted by Crippen LogP contribution is -2.02. The van der Waals surface area contributed by atoms with Crippen LogP contribution in [0.5, 0.6) is 0 Å². The Labute approximate surface area is 162 Å². The lowest BCUT2D eigenvalue weighted by Gasteiger charge is -2.08. The van der Waals surface area contributed by atoms with Crippen LogP contribution in [-0.2, 0) is 18.1 Å². The van der Waals surface area contributed by atoms with Gasteiger partial charge in [-0.05, 0) is 37.6 Å². The molecule has 0 fully saturated rings. The smallest absolute Gasteiger partial charge is 0.191 e. The molecule has 3 rings (SSSR count). The van der Waals surface area contributed by atoms with Crippen LogP contribution in [0.3, 0.4) is 0 Å². The Morgan fingerprint density at radius 2 is 1.77 bits per heavy atom. The van der Waals surface area contributed by atoms with Crippen molar-refractivity contribution in [1.29, 1.82) is 5.26 Å². The molecule has 0 atom stereocenters. The van der Waals surface area contributed by atoms with Crippen LogP contribution in [0.1, 0.15) is 29.4 Å². The average Bonchev–Trinajstić information content (AvgIpc) is 3.08. The van der Waals surface area contributed by atoms with E-state index in [0.717, 1.165) is 34.4 Å². The molecule has 4 nitrogen and oxygen atoms in total. The van der Waals surface area contributed by atoms with Gasteiger partial charge in [0.05, 0.1) is 17.4 Å². The van der Waals surface area contributed by atoms with Gasteiger partial charge in [-0.2, -0.15) is 5.26 Å². The van der Waals surface area contributed by atoms with Crippen LogP contribution < -0.4 is 0 Å². The molecule has 0 saturated heterocycles. The molecule has 2 aromatic carbocycles. The number of thioether (sulfide) groups is 2. The molecule has 0 aliphatic heterocycles. The van der Waals surface area contributed by atoms with E-state index < -0.39 is 0 Å². The zero-order valence-corrected chi connectivity index (χ0v) is 16.5. The van der Waals surface area contributed by atoms with Gasteiger partial charge in [0.15, 0.2) is 5.16 Å². The average molecular weight is 381 g/mol. The summed E-state index contributed by atoms with van der Waals surface area (Å²) in [5.74, 6) is 2.49. The van der Waals surface area contributed by atoms with Gasteiger partial charge in [0.1, 0.15) is 5.82 Å². The van der Waals surface area contributed by atoms with Gasteiger partial charge in [-0.1, -0.05) is 47.7 Å². The molecule has 1 heterocycles. The van der Waals surface area contributed by atoms with Crippen molar-refractivity contribution < 1.29 is 0 Å². The molecule has 0 amide bonds. The minimum absolute atomic E-state index is 0.715. The number of benzene rings is 2. The first-order valence-electron chi connectivity index (χ1n) is 8.43. The van der Waals surface area contributed by atoms with Crippen molar-refractivity contribution in [2.45, 2.75) is 41.9 Å². The summed E-state index contributed by atoms with van der Waals surface area (Å²) in [6, 6.07) is 18.5. The number of nitrogens with zero attached hydrogens (tertiary/aromatic N) is 4. The second-order valence-corrected chi connectivity index (χ2v) is 7.79. The Morgan fingerprint density at radius 3 is 2.50 bits per heavy atom. The molecule has 0 unspecified atom stereocenters. The first kappa shape index (κ1) is 18.6. The number of nitriles is 1. The highest BCUT2D eigenvalue weighted by molar-refractivity contribution is 7.98. The van der Waals surface area contributed by atoms with E-state index in [9.17, 15) is 5.26 Å². The van der Waals surface area contributed by atoms with Gasteiger partial charge >= 0.3 is 0 Å². The van der Waals surface area contributed by atoms with E-state index in [1.54, 1.807) is 23.5 Å². The van der Waals surface area contributed by atoms with Crippen LogP contribution in [-0.4, -0.2) is 14.8 Å². The lowest BCUT2D eigenvalue weighted by molar-refractivity contribution is 0.659. The van der Waals surface area contributed by atoms with Crippen LogP contribution >= 0.6 is 23.5 Å². The lowest BCUT2D eigenvalue weighted by atomic mass is 10.1. The molecule has 26 heavy (non-hydrogen) atoms. The van der Waals surface area contributed by atoms with Gasteiger partial charge in [0.25, 0.3) is 0 Å². The summed E-state index contributed by atoms with van der Waals surface area (Å²) in [4.78, 5) is 1.23. The normalized spacial score (nSPS) is 10.7. The Hall–Kier alpha value is -2.23. The van der Waals surface area contributed by atoms with Crippen molar-refractivity contribution in [3.8, 4) is 6.07 Å². The first-order chi connectivity index (χ1) is 12.7. The van der Waals surface area contributed by atoms with Gasteiger partial charge in [-0.15, -0.1) is 22.0 Å². The van der Waals surface area contributed by atoms with E-state index in [2.05, 4.69) is 58.9 Å². The largest absolute Gasteiger partial charge is 0.306 e. The Balaban J connectivity index is 1.68. The van der Waals surface area contributed by atoms with Crippen molar-refractivity contribution in [3.63, 3.8) is 0 Å². The summed E-state index contributed by atoms with van der Waals surface area (Å²) in [7, 11) is 0. The summed E-state index contributed by atoms with van der Waals surface area (Å²) in [5, 5.41) is 18.9. The number of aromatic nitrogens is 3. The molecule has 0 spiro atoms.